The Hall–Kier alpha value is -1.33. The second-order valence-corrected chi connectivity index (χ2v) is 4.65. The van der Waals surface area contributed by atoms with Crippen LogP contribution in [-0.2, 0) is 4.74 Å². The molecular formula is C12H16ClN3O2. The molecule has 1 amide bonds. The fourth-order valence-corrected chi connectivity index (χ4v) is 2.02. The van der Waals surface area contributed by atoms with Crippen LogP contribution in [0.3, 0.4) is 0 Å². The zero-order chi connectivity index (χ0) is 13.0. The fourth-order valence-electron chi connectivity index (χ4n) is 1.83. The summed E-state index contributed by atoms with van der Waals surface area (Å²) in [6.07, 6.45) is 2.47. The van der Waals surface area contributed by atoms with Crippen LogP contribution in [0.5, 0.6) is 0 Å². The van der Waals surface area contributed by atoms with Crippen molar-refractivity contribution in [2.24, 2.45) is 5.92 Å². The molecule has 1 aromatic rings. The van der Waals surface area contributed by atoms with E-state index in [2.05, 4.69) is 15.6 Å². The zero-order valence-electron chi connectivity index (χ0n) is 10.2. The van der Waals surface area contributed by atoms with Gasteiger partial charge in [0.15, 0.2) is 0 Å². The number of nitrogens with one attached hydrogen (secondary N) is 2. The minimum atomic E-state index is -0.175. The van der Waals surface area contributed by atoms with Gasteiger partial charge in [-0.1, -0.05) is 11.6 Å². The number of halogens is 1. The smallest absolute Gasteiger partial charge is 0.253 e. The van der Waals surface area contributed by atoms with Gasteiger partial charge < -0.3 is 15.4 Å². The highest BCUT2D eigenvalue weighted by atomic mass is 35.5. The fraction of sp³-hybridized carbons (Fsp3) is 0.500. The van der Waals surface area contributed by atoms with Crippen LogP contribution < -0.4 is 10.6 Å². The van der Waals surface area contributed by atoms with Crippen LogP contribution in [-0.4, -0.2) is 37.7 Å². The molecule has 1 aromatic heterocycles. The molecule has 5 nitrogen and oxygen atoms in total. The maximum atomic E-state index is 12.0. The third kappa shape index (κ3) is 3.11. The van der Waals surface area contributed by atoms with Gasteiger partial charge in [-0.3, -0.25) is 4.79 Å². The highest BCUT2D eigenvalue weighted by molar-refractivity contribution is 6.33. The molecule has 0 radical (unpaired) electrons. The molecule has 1 aliphatic rings. The lowest BCUT2D eigenvalue weighted by atomic mass is 10.1. The Morgan fingerprint density at radius 3 is 3.17 bits per heavy atom. The SMILES string of the molecule is CNc1cc(C(=O)NCC2CCOC2)c(Cl)cn1. The Morgan fingerprint density at radius 2 is 2.50 bits per heavy atom. The van der Waals surface area contributed by atoms with Crippen LogP contribution in [0.15, 0.2) is 12.3 Å². The van der Waals surface area contributed by atoms with Gasteiger partial charge >= 0.3 is 0 Å². The van der Waals surface area contributed by atoms with Crippen molar-refractivity contribution in [2.45, 2.75) is 6.42 Å². The molecule has 2 heterocycles. The second-order valence-electron chi connectivity index (χ2n) is 4.24. The first-order valence-electron chi connectivity index (χ1n) is 5.90. The molecule has 1 fully saturated rings. The van der Waals surface area contributed by atoms with Crippen LogP contribution in [0.2, 0.25) is 5.02 Å². The number of anilines is 1. The van der Waals surface area contributed by atoms with Gasteiger partial charge in [-0.2, -0.15) is 0 Å². The number of aromatic nitrogens is 1. The molecule has 2 rings (SSSR count). The highest BCUT2D eigenvalue weighted by Crippen LogP contribution is 2.18. The summed E-state index contributed by atoms with van der Waals surface area (Å²) in [5.41, 5.74) is 0.440. The maximum absolute atomic E-state index is 12.0. The Bertz CT molecular complexity index is 433. The molecule has 98 valence electrons. The maximum Gasteiger partial charge on any atom is 0.253 e. The van der Waals surface area contributed by atoms with Gasteiger partial charge in [-0.15, -0.1) is 0 Å². The van der Waals surface area contributed by atoms with Gasteiger partial charge in [0.1, 0.15) is 5.82 Å². The number of carbonyl (C=O) groups is 1. The van der Waals surface area contributed by atoms with Gasteiger partial charge in [0.25, 0.3) is 5.91 Å². The number of carbonyl (C=O) groups excluding carboxylic acids is 1. The summed E-state index contributed by atoms with van der Waals surface area (Å²) in [6, 6.07) is 1.64. The third-order valence-corrected chi connectivity index (χ3v) is 3.23. The standard InChI is InChI=1S/C12H16ClN3O2/c1-14-11-4-9(10(13)6-15-11)12(17)16-5-8-2-3-18-7-8/h4,6,8H,2-3,5,7H2,1H3,(H,14,15)(H,16,17). The molecule has 6 heteroatoms. The molecular weight excluding hydrogens is 254 g/mol. The number of amides is 1. The average Bonchev–Trinajstić information content (AvgIpc) is 2.89. The van der Waals surface area contributed by atoms with E-state index < -0.39 is 0 Å². The number of hydrogen-bond donors (Lipinski definition) is 2. The molecule has 18 heavy (non-hydrogen) atoms. The molecule has 0 spiro atoms. The average molecular weight is 270 g/mol. The Balaban J connectivity index is 1.98. The lowest BCUT2D eigenvalue weighted by Gasteiger charge is -2.11. The van der Waals surface area contributed by atoms with Crippen LogP contribution in [0, 0.1) is 5.92 Å². The summed E-state index contributed by atoms with van der Waals surface area (Å²) >= 11 is 5.97. The molecule has 1 unspecified atom stereocenters. The second kappa shape index (κ2) is 6.02. The summed E-state index contributed by atoms with van der Waals surface area (Å²) in [6.45, 7) is 2.11. The number of rotatable bonds is 4. The monoisotopic (exact) mass is 269 g/mol. The summed E-state index contributed by atoms with van der Waals surface area (Å²) < 4.78 is 5.26. The van der Waals surface area contributed by atoms with Crippen molar-refractivity contribution in [1.82, 2.24) is 10.3 Å². The van der Waals surface area contributed by atoms with E-state index in [4.69, 9.17) is 16.3 Å². The predicted molar refractivity (Wildman–Crippen MR) is 70.1 cm³/mol. The van der Waals surface area contributed by atoms with Gasteiger partial charge in [-0.05, 0) is 12.5 Å². The molecule has 1 aliphatic heterocycles. The van der Waals surface area contributed by atoms with E-state index in [1.807, 2.05) is 0 Å². The number of pyridine rings is 1. The molecule has 0 aliphatic carbocycles. The van der Waals surface area contributed by atoms with Gasteiger partial charge in [-0.25, -0.2) is 4.98 Å². The van der Waals surface area contributed by atoms with E-state index >= 15 is 0 Å². The first-order chi connectivity index (χ1) is 8.70. The Kier molecular flexibility index (Phi) is 4.38. The van der Waals surface area contributed by atoms with Crippen LogP contribution in [0.4, 0.5) is 5.82 Å². The third-order valence-electron chi connectivity index (χ3n) is 2.93. The van der Waals surface area contributed by atoms with E-state index in [0.717, 1.165) is 13.0 Å². The predicted octanol–water partition coefficient (Wildman–Crippen LogP) is 1.54. The lowest BCUT2D eigenvalue weighted by molar-refractivity contribution is 0.0945. The van der Waals surface area contributed by atoms with E-state index in [1.54, 1.807) is 13.1 Å². The number of nitrogens with zero attached hydrogens (tertiary/aromatic N) is 1. The minimum Gasteiger partial charge on any atom is -0.381 e. The van der Waals surface area contributed by atoms with Crippen molar-refractivity contribution < 1.29 is 9.53 Å². The van der Waals surface area contributed by atoms with Gasteiger partial charge in [0.05, 0.1) is 17.2 Å². The quantitative estimate of drug-likeness (QED) is 0.870. The Labute approximate surface area is 111 Å². The van der Waals surface area contributed by atoms with Crippen LogP contribution in [0.25, 0.3) is 0 Å². The summed E-state index contributed by atoms with van der Waals surface area (Å²) in [5, 5.41) is 6.11. The van der Waals surface area contributed by atoms with Gasteiger partial charge in [0.2, 0.25) is 0 Å². The first kappa shape index (κ1) is 13.1. The van der Waals surface area contributed by atoms with Crippen molar-refractivity contribution in [3.8, 4) is 0 Å². The topological polar surface area (TPSA) is 63.2 Å². The molecule has 0 bridgehead atoms. The Morgan fingerprint density at radius 1 is 1.67 bits per heavy atom. The van der Waals surface area contributed by atoms with E-state index in [1.165, 1.54) is 6.20 Å². The van der Waals surface area contributed by atoms with Gasteiger partial charge in [0, 0.05) is 32.3 Å². The van der Waals surface area contributed by atoms with Crippen LogP contribution >= 0.6 is 11.6 Å². The van der Waals surface area contributed by atoms with Crippen molar-refractivity contribution in [3.05, 3.63) is 22.8 Å². The normalized spacial score (nSPS) is 18.7. The van der Waals surface area contributed by atoms with Crippen molar-refractivity contribution >= 4 is 23.3 Å². The molecule has 2 N–H and O–H groups in total. The summed E-state index contributed by atoms with van der Waals surface area (Å²) in [7, 11) is 1.74. The van der Waals surface area contributed by atoms with Crippen LogP contribution in [0.1, 0.15) is 16.8 Å². The largest absolute Gasteiger partial charge is 0.381 e. The van der Waals surface area contributed by atoms with Crippen molar-refractivity contribution in [3.63, 3.8) is 0 Å². The van der Waals surface area contributed by atoms with Crippen molar-refractivity contribution in [1.29, 1.82) is 0 Å². The first-order valence-corrected chi connectivity index (χ1v) is 6.27. The number of ether oxygens (including phenoxy) is 1. The molecule has 0 saturated carbocycles. The zero-order valence-corrected chi connectivity index (χ0v) is 11.0. The molecule has 0 aromatic carbocycles. The molecule has 1 atom stereocenters. The minimum absolute atomic E-state index is 0.175. The number of hydrogen-bond acceptors (Lipinski definition) is 4. The van der Waals surface area contributed by atoms with E-state index in [9.17, 15) is 4.79 Å². The van der Waals surface area contributed by atoms with Crippen molar-refractivity contribution in [2.75, 3.05) is 32.1 Å². The lowest BCUT2D eigenvalue weighted by Crippen LogP contribution is -2.29. The van der Waals surface area contributed by atoms with E-state index in [-0.39, 0.29) is 5.91 Å². The highest BCUT2D eigenvalue weighted by Gasteiger charge is 2.18. The summed E-state index contributed by atoms with van der Waals surface area (Å²) in [4.78, 5) is 16.0. The summed E-state index contributed by atoms with van der Waals surface area (Å²) in [5.74, 6) is 0.845. The van der Waals surface area contributed by atoms with E-state index in [0.29, 0.717) is 35.5 Å². The molecule has 1 saturated heterocycles.